The molecular formula is C16H22FNO. The zero-order valence-corrected chi connectivity index (χ0v) is 11.5. The summed E-state index contributed by atoms with van der Waals surface area (Å²) in [6, 6.07) is 4.67. The Balaban J connectivity index is 1.81. The van der Waals surface area contributed by atoms with Crippen LogP contribution in [0.5, 0.6) is 0 Å². The van der Waals surface area contributed by atoms with Gasteiger partial charge in [-0.2, -0.15) is 0 Å². The Bertz CT molecular complexity index is 438. The molecule has 0 atom stereocenters. The smallest absolute Gasteiger partial charge is 0.137 e. The van der Waals surface area contributed by atoms with Crippen molar-refractivity contribution in [3.8, 4) is 0 Å². The Hall–Kier alpha value is -1.22. The maximum atomic E-state index is 13.2. The van der Waals surface area contributed by atoms with Gasteiger partial charge in [-0.3, -0.25) is 4.79 Å². The number of Topliss-reactive ketones (excluding diaryl/α,β-unsaturated/α-hetero) is 1. The topological polar surface area (TPSA) is 29.1 Å². The highest BCUT2D eigenvalue weighted by Crippen LogP contribution is 2.19. The molecule has 1 saturated heterocycles. The second kappa shape index (κ2) is 6.80. The van der Waals surface area contributed by atoms with E-state index in [0.29, 0.717) is 18.8 Å². The molecule has 1 heterocycles. The zero-order chi connectivity index (χ0) is 13.7. The highest BCUT2D eigenvalue weighted by molar-refractivity contribution is 5.81. The maximum Gasteiger partial charge on any atom is 0.137 e. The fraction of sp³-hybridized carbons (Fsp3) is 0.562. The summed E-state index contributed by atoms with van der Waals surface area (Å²) in [4.78, 5) is 12.0. The van der Waals surface area contributed by atoms with Gasteiger partial charge in [0.15, 0.2) is 0 Å². The van der Waals surface area contributed by atoms with Gasteiger partial charge in [-0.25, -0.2) is 4.39 Å². The normalized spacial score (nSPS) is 16.5. The van der Waals surface area contributed by atoms with Crippen molar-refractivity contribution in [1.82, 2.24) is 5.32 Å². The highest BCUT2D eigenvalue weighted by Gasteiger charge is 2.15. The van der Waals surface area contributed by atoms with E-state index in [-0.39, 0.29) is 11.6 Å². The molecule has 1 aliphatic rings. The van der Waals surface area contributed by atoms with Crippen LogP contribution in [-0.2, 0) is 11.2 Å². The Morgan fingerprint density at radius 1 is 1.37 bits per heavy atom. The molecule has 0 unspecified atom stereocenters. The summed E-state index contributed by atoms with van der Waals surface area (Å²) in [6.07, 6.45) is 4.32. The van der Waals surface area contributed by atoms with Crippen molar-refractivity contribution in [1.29, 1.82) is 0 Å². The monoisotopic (exact) mass is 263 g/mol. The number of halogens is 1. The van der Waals surface area contributed by atoms with Gasteiger partial charge < -0.3 is 5.32 Å². The molecule has 1 aromatic rings. The van der Waals surface area contributed by atoms with Crippen molar-refractivity contribution < 1.29 is 9.18 Å². The lowest BCUT2D eigenvalue weighted by molar-refractivity contribution is -0.118. The first kappa shape index (κ1) is 14.2. The lowest BCUT2D eigenvalue weighted by atomic mass is 9.91. The van der Waals surface area contributed by atoms with Gasteiger partial charge in [-0.15, -0.1) is 0 Å². The van der Waals surface area contributed by atoms with Crippen molar-refractivity contribution in [3.63, 3.8) is 0 Å². The van der Waals surface area contributed by atoms with Crippen molar-refractivity contribution in [2.45, 2.75) is 39.0 Å². The summed E-state index contributed by atoms with van der Waals surface area (Å²) in [5, 5.41) is 3.33. The van der Waals surface area contributed by atoms with Crippen LogP contribution in [0.15, 0.2) is 18.2 Å². The van der Waals surface area contributed by atoms with Gasteiger partial charge in [0.1, 0.15) is 11.6 Å². The predicted octanol–water partition coefficient (Wildman–Crippen LogP) is 3.03. The number of carbonyl (C=O) groups excluding carboxylic acids is 1. The van der Waals surface area contributed by atoms with Crippen LogP contribution in [0.2, 0.25) is 0 Å². The second-order valence-electron chi connectivity index (χ2n) is 5.52. The number of nitrogens with one attached hydrogen (secondary N) is 1. The average molecular weight is 263 g/mol. The van der Waals surface area contributed by atoms with Gasteiger partial charge in [0.05, 0.1) is 0 Å². The van der Waals surface area contributed by atoms with E-state index in [1.807, 2.05) is 6.92 Å². The SMILES string of the molecule is Cc1ccc(F)cc1CC(=O)CCC1CCNCC1. The summed E-state index contributed by atoms with van der Waals surface area (Å²) < 4.78 is 13.2. The molecule has 2 rings (SSSR count). The molecule has 0 bridgehead atoms. The lowest BCUT2D eigenvalue weighted by Crippen LogP contribution is -2.28. The Kier molecular flexibility index (Phi) is 5.08. The van der Waals surface area contributed by atoms with Gasteiger partial charge in [-0.1, -0.05) is 6.07 Å². The number of benzene rings is 1. The van der Waals surface area contributed by atoms with Crippen LogP contribution in [0.3, 0.4) is 0 Å². The third-order valence-electron chi connectivity index (χ3n) is 3.99. The first-order valence-electron chi connectivity index (χ1n) is 7.12. The van der Waals surface area contributed by atoms with Crippen molar-refractivity contribution in [3.05, 3.63) is 35.1 Å². The molecule has 19 heavy (non-hydrogen) atoms. The van der Waals surface area contributed by atoms with Crippen LogP contribution in [-0.4, -0.2) is 18.9 Å². The van der Waals surface area contributed by atoms with Crippen LogP contribution in [0.4, 0.5) is 4.39 Å². The van der Waals surface area contributed by atoms with Gasteiger partial charge in [0.2, 0.25) is 0 Å². The summed E-state index contributed by atoms with van der Waals surface area (Å²) in [5.74, 6) is 0.651. The fourth-order valence-electron chi connectivity index (χ4n) is 2.67. The highest BCUT2D eigenvalue weighted by atomic mass is 19.1. The Morgan fingerprint density at radius 2 is 2.11 bits per heavy atom. The molecule has 0 radical (unpaired) electrons. The predicted molar refractivity (Wildman–Crippen MR) is 74.7 cm³/mol. The summed E-state index contributed by atoms with van der Waals surface area (Å²) >= 11 is 0. The van der Waals surface area contributed by atoms with Crippen molar-refractivity contribution in [2.24, 2.45) is 5.92 Å². The number of rotatable bonds is 5. The summed E-state index contributed by atoms with van der Waals surface area (Å²) in [7, 11) is 0. The molecule has 0 saturated carbocycles. The van der Waals surface area contributed by atoms with E-state index in [1.54, 1.807) is 6.07 Å². The molecule has 1 aliphatic heterocycles. The third kappa shape index (κ3) is 4.43. The van der Waals surface area contributed by atoms with Crippen LogP contribution >= 0.6 is 0 Å². The van der Waals surface area contributed by atoms with Gasteiger partial charge >= 0.3 is 0 Å². The van der Waals surface area contributed by atoms with Gasteiger partial charge in [0, 0.05) is 12.8 Å². The quantitative estimate of drug-likeness (QED) is 0.884. The number of hydrogen-bond donors (Lipinski definition) is 1. The molecule has 1 fully saturated rings. The molecule has 2 nitrogen and oxygen atoms in total. The first-order chi connectivity index (χ1) is 9.15. The minimum absolute atomic E-state index is 0.229. The Morgan fingerprint density at radius 3 is 2.84 bits per heavy atom. The molecule has 1 N–H and O–H groups in total. The summed E-state index contributed by atoms with van der Waals surface area (Å²) in [5.41, 5.74) is 1.83. The van der Waals surface area contributed by atoms with E-state index < -0.39 is 0 Å². The molecule has 3 heteroatoms. The molecule has 0 aromatic heterocycles. The van der Waals surface area contributed by atoms with E-state index in [1.165, 1.54) is 25.0 Å². The zero-order valence-electron chi connectivity index (χ0n) is 11.5. The standard InChI is InChI=1S/C16H22FNO/c1-12-2-4-15(17)10-14(12)11-16(19)5-3-13-6-8-18-9-7-13/h2,4,10,13,18H,3,5-9,11H2,1H3. The first-order valence-corrected chi connectivity index (χ1v) is 7.12. The lowest BCUT2D eigenvalue weighted by Gasteiger charge is -2.22. The van der Waals surface area contributed by atoms with Crippen LogP contribution in [0.25, 0.3) is 0 Å². The third-order valence-corrected chi connectivity index (χ3v) is 3.99. The fourth-order valence-corrected chi connectivity index (χ4v) is 2.67. The second-order valence-corrected chi connectivity index (χ2v) is 5.52. The van der Waals surface area contributed by atoms with E-state index in [9.17, 15) is 9.18 Å². The van der Waals surface area contributed by atoms with E-state index in [2.05, 4.69) is 5.32 Å². The van der Waals surface area contributed by atoms with E-state index >= 15 is 0 Å². The maximum absolute atomic E-state index is 13.2. The van der Waals surface area contributed by atoms with Crippen molar-refractivity contribution in [2.75, 3.05) is 13.1 Å². The molecule has 0 amide bonds. The molecule has 0 aliphatic carbocycles. The number of carbonyl (C=O) groups is 1. The van der Waals surface area contributed by atoms with Crippen LogP contribution < -0.4 is 5.32 Å². The minimum Gasteiger partial charge on any atom is -0.317 e. The van der Waals surface area contributed by atoms with E-state index in [4.69, 9.17) is 0 Å². The molecule has 104 valence electrons. The number of piperidine rings is 1. The van der Waals surface area contributed by atoms with E-state index in [0.717, 1.165) is 30.6 Å². The van der Waals surface area contributed by atoms with Crippen molar-refractivity contribution >= 4 is 5.78 Å². The summed E-state index contributed by atoms with van der Waals surface area (Å²) in [6.45, 7) is 4.07. The number of aryl methyl sites for hydroxylation is 1. The number of ketones is 1. The van der Waals surface area contributed by atoms with Crippen LogP contribution in [0.1, 0.15) is 36.8 Å². The number of hydrogen-bond acceptors (Lipinski definition) is 2. The molecule has 0 spiro atoms. The molecule has 1 aromatic carbocycles. The molecular weight excluding hydrogens is 241 g/mol. The van der Waals surface area contributed by atoms with Gasteiger partial charge in [0.25, 0.3) is 0 Å². The Labute approximate surface area is 114 Å². The average Bonchev–Trinajstić information content (AvgIpc) is 2.42. The minimum atomic E-state index is -0.258. The largest absolute Gasteiger partial charge is 0.317 e. The van der Waals surface area contributed by atoms with Gasteiger partial charge in [-0.05, 0) is 68.5 Å². The van der Waals surface area contributed by atoms with Crippen LogP contribution in [0, 0.1) is 18.7 Å².